The summed E-state index contributed by atoms with van der Waals surface area (Å²) in [7, 11) is 1.07. The number of rotatable bonds is 6. The van der Waals surface area contributed by atoms with Gasteiger partial charge in [-0.3, -0.25) is 0 Å². The summed E-state index contributed by atoms with van der Waals surface area (Å²) in [6.07, 6.45) is -5.97. The second-order valence-corrected chi connectivity index (χ2v) is 6.03. The maximum Gasteiger partial charge on any atom is 0.429 e. The molecule has 0 radical (unpaired) electrons. The zero-order valence-corrected chi connectivity index (χ0v) is 14.4. The highest BCUT2D eigenvalue weighted by molar-refractivity contribution is 6.31. The Hall–Kier alpha value is -1.80. The minimum absolute atomic E-state index is 0.224. The zero-order valence-electron chi connectivity index (χ0n) is 13.7. The number of carboxylic acids is 1. The van der Waals surface area contributed by atoms with Crippen LogP contribution < -0.4 is 4.74 Å². The Morgan fingerprint density at radius 1 is 1.36 bits per heavy atom. The van der Waals surface area contributed by atoms with Gasteiger partial charge in [-0.05, 0) is 24.1 Å². The third kappa shape index (κ3) is 3.08. The van der Waals surface area contributed by atoms with Crippen LogP contribution in [0.4, 0.5) is 17.6 Å². The van der Waals surface area contributed by atoms with Crippen LogP contribution in [0.5, 0.6) is 5.75 Å². The monoisotopic (exact) mass is 384 g/mol. The molecule has 0 aliphatic heterocycles. The van der Waals surface area contributed by atoms with E-state index in [1.165, 1.54) is 6.92 Å². The molecule has 0 amide bonds. The van der Waals surface area contributed by atoms with Gasteiger partial charge in [-0.2, -0.15) is 13.2 Å². The molecule has 0 saturated carbocycles. The number of carbonyl (C=O) groups is 1. The number of aliphatic carboxylic acids is 1. The fourth-order valence-corrected chi connectivity index (χ4v) is 2.77. The van der Waals surface area contributed by atoms with Gasteiger partial charge in [-0.25, -0.2) is 9.18 Å². The highest BCUT2D eigenvalue weighted by atomic mass is 35.5. The van der Waals surface area contributed by atoms with E-state index in [9.17, 15) is 27.5 Å². The molecule has 25 heavy (non-hydrogen) atoms. The lowest BCUT2D eigenvalue weighted by molar-refractivity contribution is -0.285. The Morgan fingerprint density at radius 2 is 1.88 bits per heavy atom. The van der Waals surface area contributed by atoms with Crippen LogP contribution in [0.2, 0.25) is 5.02 Å². The SMILES string of the molecule is C=C(c1ccc(Cl)c(F)c1OC)C(C)(CC)C(O)(C(=O)O)C(F)(F)F. The van der Waals surface area contributed by atoms with Crippen LogP contribution in [0.15, 0.2) is 18.7 Å². The number of methoxy groups -OCH3 is 1. The first-order chi connectivity index (χ1) is 11.3. The average molecular weight is 385 g/mol. The number of aliphatic hydroxyl groups is 1. The predicted octanol–water partition coefficient (Wildman–Crippen LogP) is 4.30. The van der Waals surface area contributed by atoms with Gasteiger partial charge in [0.25, 0.3) is 5.60 Å². The number of ether oxygens (including phenoxy) is 1. The molecule has 0 aromatic heterocycles. The molecule has 140 valence electrons. The molecule has 1 aromatic carbocycles. The van der Waals surface area contributed by atoms with Crippen molar-refractivity contribution < 1.29 is 37.3 Å². The minimum Gasteiger partial charge on any atom is -0.493 e. The van der Waals surface area contributed by atoms with Crippen molar-refractivity contribution >= 4 is 23.1 Å². The highest BCUT2D eigenvalue weighted by Crippen LogP contribution is 2.54. The normalized spacial score (nSPS) is 16.7. The van der Waals surface area contributed by atoms with Crippen molar-refractivity contribution in [2.75, 3.05) is 7.11 Å². The standard InChI is InChI=1S/C16H17ClF4O4/c1-5-14(3,15(24,13(22)23)16(19,20)21)8(2)9-6-7-10(17)11(18)12(9)25-4/h6-7,24H,2,5H2,1,3-4H3,(H,22,23). The number of alkyl halides is 3. The number of carboxylic acid groups (broad SMARTS) is 1. The molecule has 1 rings (SSSR count). The molecule has 0 bridgehead atoms. The third-order valence-electron chi connectivity index (χ3n) is 4.47. The molecular weight excluding hydrogens is 368 g/mol. The Morgan fingerprint density at radius 3 is 2.24 bits per heavy atom. The van der Waals surface area contributed by atoms with Gasteiger partial charge in [-0.1, -0.05) is 32.0 Å². The lowest BCUT2D eigenvalue weighted by Crippen LogP contribution is -2.62. The second-order valence-electron chi connectivity index (χ2n) is 5.62. The van der Waals surface area contributed by atoms with Crippen LogP contribution in [0.1, 0.15) is 25.8 Å². The maximum atomic E-state index is 14.1. The lowest BCUT2D eigenvalue weighted by atomic mass is 9.64. The van der Waals surface area contributed by atoms with Crippen LogP contribution in [0, 0.1) is 11.2 Å². The van der Waals surface area contributed by atoms with Gasteiger partial charge in [0.2, 0.25) is 0 Å². The first-order valence-corrected chi connectivity index (χ1v) is 7.41. The van der Waals surface area contributed by atoms with Crippen LogP contribution in [0.3, 0.4) is 0 Å². The van der Waals surface area contributed by atoms with Gasteiger partial charge in [0, 0.05) is 11.0 Å². The summed E-state index contributed by atoms with van der Waals surface area (Å²) in [5.41, 5.74) is -7.24. The quantitative estimate of drug-likeness (QED) is 0.718. The lowest BCUT2D eigenvalue weighted by Gasteiger charge is -2.43. The van der Waals surface area contributed by atoms with Crippen molar-refractivity contribution in [3.8, 4) is 5.75 Å². The van der Waals surface area contributed by atoms with Gasteiger partial charge < -0.3 is 14.9 Å². The van der Waals surface area contributed by atoms with Crippen molar-refractivity contribution in [1.29, 1.82) is 0 Å². The van der Waals surface area contributed by atoms with Gasteiger partial charge in [0.05, 0.1) is 12.1 Å². The van der Waals surface area contributed by atoms with E-state index in [1.807, 2.05) is 0 Å². The van der Waals surface area contributed by atoms with Crippen molar-refractivity contribution in [1.82, 2.24) is 0 Å². The summed E-state index contributed by atoms with van der Waals surface area (Å²) in [4.78, 5) is 11.3. The number of benzene rings is 1. The molecule has 0 heterocycles. The molecule has 0 saturated heterocycles. The van der Waals surface area contributed by atoms with E-state index in [4.69, 9.17) is 21.4 Å². The van der Waals surface area contributed by atoms with Crippen LogP contribution in [-0.4, -0.2) is 35.1 Å². The molecule has 9 heteroatoms. The van der Waals surface area contributed by atoms with E-state index in [0.717, 1.165) is 26.2 Å². The van der Waals surface area contributed by atoms with E-state index in [0.29, 0.717) is 0 Å². The molecule has 2 unspecified atom stereocenters. The maximum absolute atomic E-state index is 14.1. The first-order valence-electron chi connectivity index (χ1n) is 7.03. The van der Waals surface area contributed by atoms with Crippen molar-refractivity contribution in [3.63, 3.8) is 0 Å². The number of hydrogen-bond donors (Lipinski definition) is 2. The summed E-state index contributed by atoms with van der Waals surface area (Å²) >= 11 is 5.62. The van der Waals surface area contributed by atoms with Crippen LogP contribution in [-0.2, 0) is 4.79 Å². The number of hydrogen-bond acceptors (Lipinski definition) is 3. The van der Waals surface area contributed by atoms with E-state index < -0.39 is 46.7 Å². The fourth-order valence-electron chi connectivity index (χ4n) is 2.62. The van der Waals surface area contributed by atoms with Gasteiger partial charge in [-0.15, -0.1) is 0 Å². The summed E-state index contributed by atoms with van der Waals surface area (Å²) < 4.78 is 59.3. The van der Waals surface area contributed by atoms with E-state index in [2.05, 4.69) is 6.58 Å². The number of halogens is 5. The Bertz CT molecular complexity index is 704. The van der Waals surface area contributed by atoms with Crippen molar-refractivity contribution in [2.45, 2.75) is 32.0 Å². The van der Waals surface area contributed by atoms with E-state index in [1.54, 1.807) is 0 Å². The van der Waals surface area contributed by atoms with Gasteiger partial charge in [0.15, 0.2) is 11.6 Å². The van der Waals surface area contributed by atoms with E-state index >= 15 is 0 Å². The van der Waals surface area contributed by atoms with Gasteiger partial charge in [0.1, 0.15) is 0 Å². The minimum atomic E-state index is -5.51. The second kappa shape index (κ2) is 6.84. The highest BCUT2D eigenvalue weighted by Gasteiger charge is 2.70. The molecule has 2 atom stereocenters. The topological polar surface area (TPSA) is 66.8 Å². The smallest absolute Gasteiger partial charge is 0.429 e. The molecule has 0 aliphatic rings. The average Bonchev–Trinajstić information content (AvgIpc) is 2.53. The molecule has 2 N–H and O–H groups in total. The Kier molecular flexibility index (Phi) is 5.81. The third-order valence-corrected chi connectivity index (χ3v) is 4.76. The molecule has 4 nitrogen and oxygen atoms in total. The molecule has 0 fully saturated rings. The largest absolute Gasteiger partial charge is 0.493 e. The van der Waals surface area contributed by atoms with E-state index in [-0.39, 0.29) is 10.6 Å². The predicted molar refractivity (Wildman–Crippen MR) is 84.0 cm³/mol. The Labute approximate surface area is 146 Å². The fraction of sp³-hybridized carbons (Fsp3) is 0.438. The summed E-state index contributed by atoms with van der Waals surface area (Å²) in [6.45, 7) is 5.64. The van der Waals surface area contributed by atoms with Gasteiger partial charge >= 0.3 is 12.1 Å². The summed E-state index contributed by atoms with van der Waals surface area (Å²) in [5, 5.41) is 18.9. The Balaban J connectivity index is 3.72. The molecule has 0 aliphatic carbocycles. The van der Waals surface area contributed by atoms with Crippen molar-refractivity contribution in [2.24, 2.45) is 5.41 Å². The molecule has 0 spiro atoms. The first kappa shape index (κ1) is 21.2. The summed E-state index contributed by atoms with van der Waals surface area (Å²) in [5.74, 6) is -4.02. The van der Waals surface area contributed by atoms with Crippen LogP contribution in [0.25, 0.3) is 5.57 Å². The van der Waals surface area contributed by atoms with Crippen molar-refractivity contribution in [3.05, 3.63) is 35.1 Å². The van der Waals surface area contributed by atoms with Crippen LogP contribution >= 0.6 is 11.6 Å². The zero-order chi connectivity index (χ0) is 19.8. The molecular formula is C16H17ClF4O4. The summed E-state index contributed by atoms with van der Waals surface area (Å²) in [6, 6.07) is 2.22. The molecule has 1 aromatic rings.